The summed E-state index contributed by atoms with van der Waals surface area (Å²) in [5.41, 5.74) is 5.29. The Balaban J connectivity index is 1.44. The molecule has 1 aliphatic heterocycles. The quantitative estimate of drug-likeness (QED) is 0.560. The standard InChI is InChI=1S/C23H23FN2O/c24-18-4-6-19(7-5-18)26-22-11-15-2-1-3-16-12-23(14-27-23)9-8-20(16)21(15)10-17(22)13-25-26/h4-7,10-11,13,16,20H,1-3,8-9,12,14H2/t16?,20?,23-/m1/s1. The lowest BCUT2D eigenvalue weighted by Crippen LogP contribution is -2.28. The lowest BCUT2D eigenvalue weighted by molar-refractivity contribution is 0.165. The predicted molar refractivity (Wildman–Crippen MR) is 103 cm³/mol. The molecule has 3 aromatic rings. The van der Waals surface area contributed by atoms with Gasteiger partial charge in [0.1, 0.15) is 5.82 Å². The van der Waals surface area contributed by atoms with Gasteiger partial charge >= 0.3 is 0 Å². The molecular weight excluding hydrogens is 339 g/mol. The normalized spacial score (nSPS) is 29.4. The number of nitrogens with zero attached hydrogens (tertiary/aromatic N) is 2. The monoisotopic (exact) mass is 362 g/mol. The Hall–Kier alpha value is -2.20. The first-order chi connectivity index (χ1) is 13.2. The molecule has 2 aliphatic carbocycles. The average Bonchev–Trinajstić information content (AvgIpc) is 3.34. The number of epoxide rings is 1. The molecule has 138 valence electrons. The second-order valence-corrected chi connectivity index (χ2v) is 8.62. The van der Waals surface area contributed by atoms with Gasteiger partial charge in [0, 0.05) is 5.39 Å². The van der Waals surface area contributed by atoms with Crippen molar-refractivity contribution in [1.82, 2.24) is 9.78 Å². The fourth-order valence-electron chi connectivity index (χ4n) is 5.49. The molecule has 27 heavy (non-hydrogen) atoms. The summed E-state index contributed by atoms with van der Waals surface area (Å²) in [5, 5.41) is 5.78. The van der Waals surface area contributed by atoms with E-state index in [4.69, 9.17) is 4.74 Å². The number of aromatic nitrogens is 2. The highest BCUT2D eigenvalue weighted by Crippen LogP contribution is 2.53. The van der Waals surface area contributed by atoms with Crippen LogP contribution in [0.1, 0.15) is 49.1 Å². The highest BCUT2D eigenvalue weighted by molar-refractivity contribution is 5.82. The van der Waals surface area contributed by atoms with E-state index in [-0.39, 0.29) is 11.4 Å². The zero-order valence-electron chi connectivity index (χ0n) is 15.3. The first kappa shape index (κ1) is 15.8. The zero-order chi connectivity index (χ0) is 18.0. The van der Waals surface area contributed by atoms with E-state index in [0.29, 0.717) is 5.92 Å². The molecule has 0 N–H and O–H groups in total. The largest absolute Gasteiger partial charge is 0.370 e. The van der Waals surface area contributed by atoms with Gasteiger partial charge in [-0.3, -0.25) is 0 Å². The molecule has 0 amide bonds. The Kier molecular flexibility index (Phi) is 3.31. The fraction of sp³-hybridized carbons (Fsp3) is 0.435. The molecule has 1 aromatic heterocycles. The third kappa shape index (κ3) is 2.53. The third-order valence-electron chi connectivity index (χ3n) is 6.99. The van der Waals surface area contributed by atoms with Crippen LogP contribution in [-0.2, 0) is 11.2 Å². The van der Waals surface area contributed by atoms with E-state index in [9.17, 15) is 4.39 Å². The maximum absolute atomic E-state index is 13.3. The molecule has 1 saturated heterocycles. The van der Waals surface area contributed by atoms with Crippen LogP contribution in [0, 0.1) is 11.7 Å². The summed E-state index contributed by atoms with van der Waals surface area (Å²) in [5.74, 6) is 1.20. The average molecular weight is 362 g/mol. The van der Waals surface area contributed by atoms with Crippen molar-refractivity contribution in [3.8, 4) is 5.69 Å². The van der Waals surface area contributed by atoms with Crippen molar-refractivity contribution in [2.24, 2.45) is 5.92 Å². The summed E-state index contributed by atoms with van der Waals surface area (Å²) in [6.45, 7) is 0.979. The molecule has 0 bridgehead atoms. The van der Waals surface area contributed by atoms with Crippen LogP contribution in [0.2, 0.25) is 0 Å². The van der Waals surface area contributed by atoms with Crippen LogP contribution < -0.4 is 0 Å². The highest BCUT2D eigenvalue weighted by atomic mass is 19.1. The SMILES string of the molecule is Fc1ccc(-n2ncc3cc4c(cc32)CCCC2C[C@]3(CCC42)CO3)cc1. The second-order valence-electron chi connectivity index (χ2n) is 8.62. The van der Waals surface area contributed by atoms with Crippen molar-refractivity contribution in [1.29, 1.82) is 0 Å². The smallest absolute Gasteiger partial charge is 0.123 e. The van der Waals surface area contributed by atoms with E-state index in [0.717, 1.165) is 30.1 Å². The van der Waals surface area contributed by atoms with Crippen molar-refractivity contribution in [3.63, 3.8) is 0 Å². The van der Waals surface area contributed by atoms with Gasteiger partial charge in [-0.2, -0.15) is 5.10 Å². The van der Waals surface area contributed by atoms with E-state index in [1.807, 2.05) is 10.9 Å². The molecule has 3 nitrogen and oxygen atoms in total. The van der Waals surface area contributed by atoms with Gasteiger partial charge in [0.15, 0.2) is 0 Å². The van der Waals surface area contributed by atoms with Crippen LogP contribution in [0.4, 0.5) is 4.39 Å². The molecule has 2 heterocycles. The van der Waals surface area contributed by atoms with Gasteiger partial charge in [-0.25, -0.2) is 9.07 Å². The van der Waals surface area contributed by atoms with Gasteiger partial charge in [-0.1, -0.05) is 0 Å². The van der Waals surface area contributed by atoms with Crippen molar-refractivity contribution < 1.29 is 9.13 Å². The first-order valence-corrected chi connectivity index (χ1v) is 10.1. The van der Waals surface area contributed by atoms with Crippen molar-refractivity contribution in [2.75, 3.05) is 6.61 Å². The first-order valence-electron chi connectivity index (χ1n) is 10.1. The minimum atomic E-state index is -0.218. The summed E-state index contributed by atoms with van der Waals surface area (Å²) in [6.07, 6.45) is 9.35. The van der Waals surface area contributed by atoms with E-state index in [1.165, 1.54) is 55.2 Å². The summed E-state index contributed by atoms with van der Waals surface area (Å²) in [6, 6.07) is 11.3. The van der Waals surface area contributed by atoms with Crippen molar-refractivity contribution >= 4 is 10.9 Å². The van der Waals surface area contributed by atoms with E-state index in [2.05, 4.69) is 17.2 Å². The summed E-state index contributed by atoms with van der Waals surface area (Å²) in [4.78, 5) is 0. The summed E-state index contributed by atoms with van der Waals surface area (Å²) >= 11 is 0. The minimum absolute atomic E-state index is 0.218. The molecular formula is C23H23FN2O. The van der Waals surface area contributed by atoms with Gasteiger partial charge < -0.3 is 4.74 Å². The second kappa shape index (κ2) is 5.65. The van der Waals surface area contributed by atoms with Gasteiger partial charge in [0.05, 0.1) is 29.6 Å². The van der Waals surface area contributed by atoms with Crippen molar-refractivity contribution in [2.45, 2.75) is 50.0 Å². The molecule has 4 heteroatoms. The van der Waals surface area contributed by atoms with Gasteiger partial charge in [-0.05, 0) is 97.9 Å². The van der Waals surface area contributed by atoms with E-state index < -0.39 is 0 Å². The fourth-order valence-corrected chi connectivity index (χ4v) is 5.49. The van der Waals surface area contributed by atoms with Crippen molar-refractivity contribution in [3.05, 3.63) is 59.5 Å². The van der Waals surface area contributed by atoms with Gasteiger partial charge in [-0.15, -0.1) is 0 Å². The Morgan fingerprint density at radius 3 is 2.81 bits per heavy atom. The molecule has 3 aliphatic rings. The van der Waals surface area contributed by atoms with Crippen LogP contribution in [0.25, 0.3) is 16.6 Å². The third-order valence-corrected chi connectivity index (χ3v) is 6.99. The minimum Gasteiger partial charge on any atom is -0.370 e. The summed E-state index contributed by atoms with van der Waals surface area (Å²) in [7, 11) is 0. The Morgan fingerprint density at radius 1 is 1.15 bits per heavy atom. The van der Waals surface area contributed by atoms with Gasteiger partial charge in [0.2, 0.25) is 0 Å². The van der Waals surface area contributed by atoms with Crippen LogP contribution in [0.5, 0.6) is 0 Å². The molecule has 0 radical (unpaired) electrons. The number of rotatable bonds is 1. The molecule has 1 spiro atoms. The Bertz CT molecular complexity index is 1020. The zero-order valence-corrected chi connectivity index (χ0v) is 15.3. The number of aryl methyl sites for hydroxylation is 1. The molecule has 1 saturated carbocycles. The highest BCUT2D eigenvalue weighted by Gasteiger charge is 2.51. The number of hydrogen-bond acceptors (Lipinski definition) is 2. The molecule has 2 unspecified atom stereocenters. The Morgan fingerprint density at radius 2 is 2.00 bits per heavy atom. The molecule has 2 fully saturated rings. The lowest BCUT2D eigenvalue weighted by Gasteiger charge is -2.34. The van der Waals surface area contributed by atoms with Crippen LogP contribution in [0.15, 0.2) is 42.6 Å². The number of hydrogen-bond donors (Lipinski definition) is 0. The number of halogens is 1. The van der Waals surface area contributed by atoms with Gasteiger partial charge in [0.25, 0.3) is 0 Å². The maximum atomic E-state index is 13.3. The van der Waals surface area contributed by atoms with E-state index >= 15 is 0 Å². The number of benzene rings is 2. The topological polar surface area (TPSA) is 30.4 Å². The van der Waals surface area contributed by atoms with E-state index in [1.54, 1.807) is 17.7 Å². The number of ether oxygens (including phenoxy) is 1. The molecule has 6 rings (SSSR count). The van der Waals surface area contributed by atoms with Crippen LogP contribution >= 0.6 is 0 Å². The number of fused-ring (bicyclic) bond motifs is 4. The summed E-state index contributed by atoms with van der Waals surface area (Å²) < 4.78 is 21.0. The predicted octanol–water partition coefficient (Wildman–Crippen LogP) is 5.15. The Labute approximate surface area is 158 Å². The molecule has 3 atom stereocenters. The maximum Gasteiger partial charge on any atom is 0.123 e. The van der Waals surface area contributed by atoms with Crippen LogP contribution in [-0.4, -0.2) is 22.0 Å². The lowest BCUT2D eigenvalue weighted by atomic mass is 9.70. The van der Waals surface area contributed by atoms with Crippen LogP contribution in [0.3, 0.4) is 0 Å². The molecule has 2 aromatic carbocycles.